The molecule has 2 unspecified atom stereocenters. The van der Waals surface area contributed by atoms with Crippen LogP contribution in [0, 0.1) is 0 Å². The molecule has 1 amide bonds. The van der Waals surface area contributed by atoms with Crippen molar-refractivity contribution in [1.82, 2.24) is 10.6 Å². The molecule has 0 bridgehead atoms. The van der Waals surface area contributed by atoms with Crippen LogP contribution in [0.2, 0.25) is 5.02 Å². The van der Waals surface area contributed by atoms with Gasteiger partial charge in [0.15, 0.2) is 0 Å². The van der Waals surface area contributed by atoms with Crippen molar-refractivity contribution < 1.29 is 4.79 Å². The minimum atomic E-state index is 0.0326. The smallest absolute Gasteiger partial charge is 0.234 e. The first kappa shape index (κ1) is 15.0. The molecule has 0 aliphatic rings. The van der Waals surface area contributed by atoms with Crippen LogP contribution >= 0.6 is 11.6 Å². The molecular formula is C14H21ClN2O. The zero-order chi connectivity index (χ0) is 13.5. The third-order valence-corrected chi connectivity index (χ3v) is 3.21. The van der Waals surface area contributed by atoms with Crippen molar-refractivity contribution in [3.8, 4) is 0 Å². The van der Waals surface area contributed by atoms with Gasteiger partial charge in [0.25, 0.3) is 0 Å². The van der Waals surface area contributed by atoms with Crippen molar-refractivity contribution >= 4 is 17.5 Å². The zero-order valence-corrected chi connectivity index (χ0v) is 11.9. The molecule has 0 spiro atoms. The first-order valence-corrected chi connectivity index (χ1v) is 6.69. The van der Waals surface area contributed by atoms with Crippen LogP contribution in [0.15, 0.2) is 24.3 Å². The number of nitrogens with one attached hydrogen (secondary N) is 2. The Labute approximate surface area is 114 Å². The van der Waals surface area contributed by atoms with E-state index >= 15 is 0 Å². The molecule has 0 aliphatic heterocycles. The van der Waals surface area contributed by atoms with E-state index in [1.54, 1.807) is 0 Å². The summed E-state index contributed by atoms with van der Waals surface area (Å²) in [5.41, 5.74) is 1.12. The van der Waals surface area contributed by atoms with Gasteiger partial charge in [0, 0.05) is 17.1 Å². The van der Waals surface area contributed by atoms with Crippen molar-refractivity contribution in [2.75, 3.05) is 6.54 Å². The summed E-state index contributed by atoms with van der Waals surface area (Å²) in [6, 6.07) is 8.00. The molecule has 18 heavy (non-hydrogen) atoms. The Morgan fingerprint density at radius 3 is 2.44 bits per heavy atom. The Morgan fingerprint density at radius 1 is 1.28 bits per heavy atom. The molecular weight excluding hydrogens is 248 g/mol. The number of benzene rings is 1. The van der Waals surface area contributed by atoms with E-state index in [0.29, 0.717) is 6.54 Å². The van der Waals surface area contributed by atoms with Crippen LogP contribution in [0.25, 0.3) is 0 Å². The highest BCUT2D eigenvalue weighted by atomic mass is 35.5. The lowest BCUT2D eigenvalue weighted by Crippen LogP contribution is -2.39. The molecule has 0 radical (unpaired) electrons. The molecule has 2 N–H and O–H groups in total. The highest BCUT2D eigenvalue weighted by Gasteiger charge is 2.09. The summed E-state index contributed by atoms with van der Waals surface area (Å²) >= 11 is 5.83. The maximum Gasteiger partial charge on any atom is 0.234 e. The molecule has 0 saturated carbocycles. The van der Waals surface area contributed by atoms with Gasteiger partial charge >= 0.3 is 0 Å². The minimum absolute atomic E-state index is 0.0326. The number of carbonyl (C=O) groups excluding carboxylic acids is 1. The zero-order valence-electron chi connectivity index (χ0n) is 11.2. The fourth-order valence-electron chi connectivity index (χ4n) is 1.54. The molecule has 0 fully saturated rings. The van der Waals surface area contributed by atoms with Gasteiger partial charge < -0.3 is 10.6 Å². The third kappa shape index (κ3) is 5.07. The van der Waals surface area contributed by atoms with Crippen molar-refractivity contribution in [2.45, 2.75) is 39.3 Å². The second-order valence-corrected chi connectivity index (χ2v) is 4.97. The van der Waals surface area contributed by atoms with E-state index in [1.807, 2.05) is 38.1 Å². The van der Waals surface area contributed by atoms with Gasteiger partial charge in [0.2, 0.25) is 5.91 Å². The van der Waals surface area contributed by atoms with Gasteiger partial charge in [-0.15, -0.1) is 0 Å². The average Bonchev–Trinajstić information content (AvgIpc) is 2.36. The second-order valence-electron chi connectivity index (χ2n) is 4.53. The Hall–Kier alpha value is -1.06. The number of rotatable bonds is 6. The van der Waals surface area contributed by atoms with E-state index in [2.05, 4.69) is 17.6 Å². The Kier molecular flexibility index (Phi) is 6.16. The van der Waals surface area contributed by atoms with Gasteiger partial charge in [-0.1, -0.05) is 30.7 Å². The molecule has 2 atom stereocenters. The number of hydrogen-bond acceptors (Lipinski definition) is 2. The first-order valence-electron chi connectivity index (χ1n) is 6.31. The van der Waals surface area contributed by atoms with Crippen LogP contribution in [-0.2, 0) is 4.79 Å². The second kappa shape index (κ2) is 7.39. The molecule has 0 saturated heterocycles. The monoisotopic (exact) mass is 268 g/mol. The van der Waals surface area contributed by atoms with E-state index in [1.165, 1.54) is 0 Å². The predicted molar refractivity (Wildman–Crippen MR) is 75.8 cm³/mol. The van der Waals surface area contributed by atoms with Crippen molar-refractivity contribution in [1.29, 1.82) is 0 Å². The van der Waals surface area contributed by atoms with E-state index in [9.17, 15) is 4.79 Å². The van der Waals surface area contributed by atoms with Crippen molar-refractivity contribution in [2.24, 2.45) is 0 Å². The van der Waals surface area contributed by atoms with Gasteiger partial charge in [0.05, 0.1) is 6.54 Å². The standard InChI is InChI=1S/C14H21ClN2O/c1-4-10(2)17-14(18)9-16-11(3)12-5-7-13(15)8-6-12/h5-8,10-11,16H,4,9H2,1-3H3,(H,17,18). The van der Waals surface area contributed by atoms with Crippen molar-refractivity contribution in [3.63, 3.8) is 0 Å². The summed E-state index contributed by atoms with van der Waals surface area (Å²) in [6.45, 7) is 6.41. The number of carbonyl (C=O) groups is 1. The average molecular weight is 269 g/mol. The summed E-state index contributed by atoms with van der Waals surface area (Å²) in [7, 11) is 0. The Bertz CT molecular complexity index is 378. The fourth-order valence-corrected chi connectivity index (χ4v) is 1.67. The van der Waals surface area contributed by atoms with Crippen LogP contribution in [0.1, 0.15) is 38.8 Å². The highest BCUT2D eigenvalue weighted by molar-refractivity contribution is 6.30. The fraction of sp³-hybridized carbons (Fsp3) is 0.500. The lowest BCUT2D eigenvalue weighted by molar-refractivity contribution is -0.120. The van der Waals surface area contributed by atoms with E-state index in [0.717, 1.165) is 17.0 Å². The van der Waals surface area contributed by atoms with Gasteiger partial charge in [0.1, 0.15) is 0 Å². The largest absolute Gasteiger partial charge is 0.353 e. The number of hydrogen-bond donors (Lipinski definition) is 2. The highest BCUT2D eigenvalue weighted by Crippen LogP contribution is 2.15. The lowest BCUT2D eigenvalue weighted by Gasteiger charge is -2.16. The summed E-state index contributed by atoms with van der Waals surface area (Å²) in [5.74, 6) is 0.0326. The van der Waals surface area contributed by atoms with E-state index in [4.69, 9.17) is 11.6 Å². The van der Waals surface area contributed by atoms with Crippen LogP contribution in [0.3, 0.4) is 0 Å². The molecule has 1 rings (SSSR count). The molecule has 1 aromatic rings. The van der Waals surface area contributed by atoms with Crippen molar-refractivity contribution in [3.05, 3.63) is 34.9 Å². The molecule has 100 valence electrons. The third-order valence-electron chi connectivity index (χ3n) is 2.96. The topological polar surface area (TPSA) is 41.1 Å². The van der Waals surface area contributed by atoms with Gasteiger partial charge in [-0.05, 0) is 38.0 Å². The molecule has 1 aromatic carbocycles. The SMILES string of the molecule is CCC(C)NC(=O)CNC(C)c1ccc(Cl)cc1. The van der Waals surface area contributed by atoms with E-state index < -0.39 is 0 Å². The summed E-state index contributed by atoms with van der Waals surface area (Å²) in [4.78, 5) is 11.6. The van der Waals surface area contributed by atoms with Gasteiger partial charge in [-0.3, -0.25) is 4.79 Å². The van der Waals surface area contributed by atoms with E-state index in [-0.39, 0.29) is 18.0 Å². The van der Waals surface area contributed by atoms with Gasteiger partial charge in [-0.25, -0.2) is 0 Å². The molecule has 0 aromatic heterocycles. The molecule has 4 heteroatoms. The lowest BCUT2D eigenvalue weighted by atomic mass is 10.1. The van der Waals surface area contributed by atoms with Crippen LogP contribution in [0.4, 0.5) is 0 Å². The number of amides is 1. The van der Waals surface area contributed by atoms with Crippen LogP contribution in [-0.4, -0.2) is 18.5 Å². The molecule has 0 aliphatic carbocycles. The Balaban J connectivity index is 2.39. The van der Waals surface area contributed by atoms with Gasteiger partial charge in [-0.2, -0.15) is 0 Å². The first-order chi connectivity index (χ1) is 8.52. The maximum atomic E-state index is 11.6. The molecule has 3 nitrogen and oxygen atoms in total. The Morgan fingerprint density at radius 2 is 1.89 bits per heavy atom. The minimum Gasteiger partial charge on any atom is -0.353 e. The normalized spacial score (nSPS) is 14.0. The quantitative estimate of drug-likeness (QED) is 0.833. The summed E-state index contributed by atoms with van der Waals surface area (Å²) in [6.07, 6.45) is 0.943. The van der Waals surface area contributed by atoms with Crippen LogP contribution in [0.5, 0.6) is 0 Å². The predicted octanol–water partition coefficient (Wildman–Crippen LogP) is 2.91. The number of halogens is 1. The molecule has 0 heterocycles. The summed E-state index contributed by atoms with van der Waals surface area (Å²) in [5, 5.41) is 6.84. The van der Waals surface area contributed by atoms with Crippen LogP contribution < -0.4 is 10.6 Å². The maximum absolute atomic E-state index is 11.6. The summed E-state index contributed by atoms with van der Waals surface area (Å²) < 4.78 is 0.